The third-order valence-electron chi connectivity index (χ3n) is 2.91. The molecular formula is C14H11F3N2O4. The molecule has 0 saturated carbocycles. The SMILES string of the molecule is CN(O)c1cc(Oc2ccc(C(F)(F)F)cc2)ccc1[N+](=O)[O-]. The van der Waals surface area contributed by atoms with E-state index in [2.05, 4.69) is 0 Å². The zero-order valence-corrected chi connectivity index (χ0v) is 11.7. The van der Waals surface area contributed by atoms with Crippen molar-refractivity contribution in [2.45, 2.75) is 6.18 Å². The second-order valence-corrected chi connectivity index (χ2v) is 4.56. The van der Waals surface area contributed by atoms with Gasteiger partial charge in [0.05, 0.1) is 10.5 Å². The molecule has 6 nitrogen and oxygen atoms in total. The Bertz CT molecular complexity index is 715. The number of nitro groups is 1. The molecule has 0 aliphatic carbocycles. The maximum absolute atomic E-state index is 12.5. The van der Waals surface area contributed by atoms with Crippen molar-refractivity contribution < 1.29 is 28.0 Å². The van der Waals surface area contributed by atoms with E-state index in [-0.39, 0.29) is 22.9 Å². The number of alkyl halides is 3. The summed E-state index contributed by atoms with van der Waals surface area (Å²) in [6.45, 7) is 0. The standard InChI is InChI=1S/C14H11F3N2O4/c1-18(20)13-8-11(6-7-12(13)19(21)22)23-10-4-2-9(3-5-10)14(15,16)17/h2-8,20H,1H3. The number of benzene rings is 2. The van der Waals surface area contributed by atoms with E-state index < -0.39 is 16.7 Å². The van der Waals surface area contributed by atoms with Crippen molar-refractivity contribution >= 4 is 11.4 Å². The highest BCUT2D eigenvalue weighted by Gasteiger charge is 2.30. The Kier molecular flexibility index (Phi) is 4.41. The van der Waals surface area contributed by atoms with Crippen molar-refractivity contribution in [3.63, 3.8) is 0 Å². The number of ether oxygens (including phenoxy) is 1. The molecule has 23 heavy (non-hydrogen) atoms. The van der Waals surface area contributed by atoms with Crippen LogP contribution in [0.4, 0.5) is 24.5 Å². The van der Waals surface area contributed by atoms with E-state index in [9.17, 15) is 28.5 Å². The van der Waals surface area contributed by atoms with Crippen LogP contribution >= 0.6 is 0 Å². The van der Waals surface area contributed by atoms with Crippen LogP contribution in [0, 0.1) is 10.1 Å². The minimum Gasteiger partial charge on any atom is -0.457 e. The Labute approximate surface area is 128 Å². The van der Waals surface area contributed by atoms with Crippen LogP contribution in [0.5, 0.6) is 11.5 Å². The fourth-order valence-corrected chi connectivity index (χ4v) is 1.83. The molecular weight excluding hydrogens is 317 g/mol. The Morgan fingerprint density at radius 3 is 2.17 bits per heavy atom. The van der Waals surface area contributed by atoms with E-state index in [1.54, 1.807) is 0 Å². The monoisotopic (exact) mass is 328 g/mol. The lowest BCUT2D eigenvalue weighted by Gasteiger charge is -2.13. The molecule has 0 aromatic heterocycles. The minimum atomic E-state index is -4.45. The molecule has 0 saturated heterocycles. The summed E-state index contributed by atoms with van der Waals surface area (Å²) in [6, 6.07) is 7.60. The van der Waals surface area contributed by atoms with Crippen molar-refractivity contribution in [3.05, 3.63) is 58.1 Å². The van der Waals surface area contributed by atoms with Crippen molar-refractivity contribution in [2.24, 2.45) is 0 Å². The Morgan fingerprint density at radius 1 is 1.13 bits per heavy atom. The Morgan fingerprint density at radius 2 is 1.70 bits per heavy atom. The molecule has 0 atom stereocenters. The van der Waals surface area contributed by atoms with Crippen LogP contribution in [0.25, 0.3) is 0 Å². The second kappa shape index (κ2) is 6.13. The maximum Gasteiger partial charge on any atom is 0.416 e. The zero-order valence-electron chi connectivity index (χ0n) is 11.7. The highest BCUT2D eigenvalue weighted by atomic mass is 19.4. The smallest absolute Gasteiger partial charge is 0.416 e. The number of hydrogen-bond acceptors (Lipinski definition) is 5. The predicted octanol–water partition coefficient (Wildman–Crippen LogP) is 4.23. The van der Waals surface area contributed by atoms with Gasteiger partial charge in [-0.15, -0.1) is 0 Å². The van der Waals surface area contributed by atoms with Gasteiger partial charge in [-0.2, -0.15) is 13.2 Å². The first-order chi connectivity index (χ1) is 10.7. The summed E-state index contributed by atoms with van der Waals surface area (Å²) in [5, 5.41) is 20.8. The third-order valence-corrected chi connectivity index (χ3v) is 2.91. The molecule has 9 heteroatoms. The molecule has 0 aliphatic heterocycles. The summed E-state index contributed by atoms with van der Waals surface area (Å²) in [4.78, 5) is 10.2. The molecule has 0 amide bonds. The van der Waals surface area contributed by atoms with Gasteiger partial charge in [0.1, 0.15) is 17.2 Å². The van der Waals surface area contributed by atoms with Gasteiger partial charge in [0.15, 0.2) is 0 Å². The molecule has 0 unspecified atom stereocenters. The molecule has 2 aromatic carbocycles. The number of hydroxylamine groups is 1. The van der Waals surface area contributed by atoms with Crippen LogP contribution in [-0.2, 0) is 6.18 Å². The van der Waals surface area contributed by atoms with E-state index >= 15 is 0 Å². The van der Waals surface area contributed by atoms with Crippen molar-refractivity contribution in [3.8, 4) is 11.5 Å². The first-order valence-corrected chi connectivity index (χ1v) is 6.24. The molecule has 0 bridgehead atoms. The fraction of sp³-hybridized carbons (Fsp3) is 0.143. The lowest BCUT2D eigenvalue weighted by atomic mass is 10.2. The van der Waals surface area contributed by atoms with Gasteiger partial charge < -0.3 is 4.74 Å². The van der Waals surface area contributed by atoms with E-state index in [1.807, 2.05) is 0 Å². The van der Waals surface area contributed by atoms with Crippen LogP contribution in [0.15, 0.2) is 42.5 Å². The van der Waals surface area contributed by atoms with E-state index in [0.717, 1.165) is 30.3 Å². The molecule has 0 heterocycles. The number of halogens is 3. The molecule has 2 rings (SSSR count). The van der Waals surface area contributed by atoms with Gasteiger partial charge in [0, 0.05) is 19.2 Å². The van der Waals surface area contributed by atoms with E-state index in [1.165, 1.54) is 19.2 Å². The van der Waals surface area contributed by atoms with Gasteiger partial charge in [-0.1, -0.05) is 0 Å². The summed E-state index contributed by atoms with van der Waals surface area (Å²) in [5.41, 5.74) is -1.27. The minimum absolute atomic E-state index is 0.112. The predicted molar refractivity (Wildman–Crippen MR) is 74.8 cm³/mol. The van der Waals surface area contributed by atoms with Crippen molar-refractivity contribution in [1.29, 1.82) is 0 Å². The molecule has 1 N–H and O–H groups in total. The summed E-state index contributed by atoms with van der Waals surface area (Å²) in [6.07, 6.45) is -4.45. The topological polar surface area (TPSA) is 75.8 Å². The van der Waals surface area contributed by atoms with Gasteiger partial charge in [-0.25, -0.2) is 0 Å². The first kappa shape index (κ1) is 16.6. The highest BCUT2D eigenvalue weighted by molar-refractivity contribution is 5.64. The lowest BCUT2D eigenvalue weighted by Crippen LogP contribution is -2.12. The first-order valence-electron chi connectivity index (χ1n) is 6.24. The average molecular weight is 328 g/mol. The fourth-order valence-electron chi connectivity index (χ4n) is 1.83. The molecule has 0 aliphatic rings. The number of rotatable bonds is 4. The summed E-state index contributed by atoms with van der Waals surface area (Å²) in [5.74, 6) is 0.254. The van der Waals surface area contributed by atoms with Gasteiger partial charge >= 0.3 is 6.18 Å². The van der Waals surface area contributed by atoms with Crippen molar-refractivity contribution in [2.75, 3.05) is 12.1 Å². The zero-order chi connectivity index (χ0) is 17.2. The summed E-state index contributed by atoms with van der Waals surface area (Å²) >= 11 is 0. The Hall–Kier alpha value is -2.81. The van der Waals surface area contributed by atoms with Gasteiger partial charge in [0.2, 0.25) is 0 Å². The number of anilines is 1. The molecule has 0 spiro atoms. The number of nitrogens with zero attached hydrogens (tertiary/aromatic N) is 2. The third kappa shape index (κ3) is 3.89. The van der Waals surface area contributed by atoms with Crippen molar-refractivity contribution in [1.82, 2.24) is 0 Å². The second-order valence-electron chi connectivity index (χ2n) is 4.56. The summed E-state index contributed by atoms with van der Waals surface area (Å²) < 4.78 is 42.8. The van der Waals surface area contributed by atoms with E-state index in [4.69, 9.17) is 4.74 Å². The molecule has 0 radical (unpaired) electrons. The average Bonchev–Trinajstić information content (AvgIpc) is 2.46. The molecule has 0 fully saturated rings. The lowest BCUT2D eigenvalue weighted by molar-refractivity contribution is -0.384. The van der Waals surface area contributed by atoms with Crippen LogP contribution in [0.3, 0.4) is 0 Å². The normalized spacial score (nSPS) is 11.2. The van der Waals surface area contributed by atoms with Crippen LogP contribution in [0.1, 0.15) is 5.56 Å². The molecule has 2 aromatic rings. The Balaban J connectivity index is 2.27. The van der Waals surface area contributed by atoms with Gasteiger partial charge in [-0.3, -0.25) is 20.4 Å². The van der Waals surface area contributed by atoms with Gasteiger partial charge in [-0.05, 0) is 30.3 Å². The number of hydrogen-bond donors (Lipinski definition) is 1. The van der Waals surface area contributed by atoms with Gasteiger partial charge in [0.25, 0.3) is 5.69 Å². The summed E-state index contributed by atoms with van der Waals surface area (Å²) in [7, 11) is 1.20. The quantitative estimate of drug-likeness (QED) is 0.671. The largest absolute Gasteiger partial charge is 0.457 e. The highest BCUT2D eigenvalue weighted by Crippen LogP contribution is 2.34. The van der Waals surface area contributed by atoms with Crippen LogP contribution in [-0.4, -0.2) is 17.2 Å². The maximum atomic E-state index is 12.5. The number of nitro benzene ring substituents is 1. The molecule has 122 valence electrons. The van der Waals surface area contributed by atoms with Crippen LogP contribution in [0.2, 0.25) is 0 Å². The van der Waals surface area contributed by atoms with Crippen LogP contribution < -0.4 is 9.80 Å². The van der Waals surface area contributed by atoms with E-state index in [0.29, 0.717) is 5.06 Å².